The van der Waals surface area contributed by atoms with E-state index in [0.29, 0.717) is 11.3 Å². The van der Waals surface area contributed by atoms with Gasteiger partial charge in [-0.25, -0.2) is 4.98 Å². The third-order valence-corrected chi connectivity index (χ3v) is 3.66. The first-order valence-electron chi connectivity index (χ1n) is 6.99. The number of nitrogens with one attached hydrogen (secondary N) is 1. The summed E-state index contributed by atoms with van der Waals surface area (Å²) in [6, 6.07) is 7.90. The number of aromatic amines is 1. The molecule has 3 aromatic rings. The molecule has 120 valence electrons. The number of fused-ring (bicyclic) bond motifs is 1. The molecule has 0 saturated carbocycles. The molecule has 23 heavy (non-hydrogen) atoms. The molecular formula is C16H14F3N3O. The lowest BCUT2D eigenvalue weighted by molar-refractivity contribution is -0.146. The molecule has 7 heteroatoms. The van der Waals surface area contributed by atoms with Crippen LogP contribution in [0.4, 0.5) is 13.2 Å². The Kier molecular flexibility index (Phi) is 3.50. The van der Waals surface area contributed by atoms with E-state index in [0.717, 1.165) is 10.3 Å². The number of benzene rings is 1. The second-order valence-electron chi connectivity index (χ2n) is 5.42. The molecule has 0 atom stereocenters. The Morgan fingerprint density at radius 2 is 1.96 bits per heavy atom. The lowest BCUT2D eigenvalue weighted by Gasteiger charge is -2.10. The predicted molar refractivity (Wildman–Crippen MR) is 79.3 cm³/mol. The highest BCUT2D eigenvalue weighted by atomic mass is 19.4. The fourth-order valence-electron chi connectivity index (χ4n) is 2.69. The maximum absolute atomic E-state index is 13.2. The Morgan fingerprint density at radius 3 is 2.57 bits per heavy atom. The number of hydrogen-bond acceptors (Lipinski definition) is 2. The van der Waals surface area contributed by atoms with E-state index >= 15 is 0 Å². The van der Waals surface area contributed by atoms with Gasteiger partial charge < -0.3 is 9.55 Å². The van der Waals surface area contributed by atoms with Gasteiger partial charge in [0.25, 0.3) is 0 Å². The van der Waals surface area contributed by atoms with Crippen molar-refractivity contribution in [3.63, 3.8) is 0 Å². The average molecular weight is 321 g/mol. The monoisotopic (exact) mass is 321 g/mol. The molecule has 0 amide bonds. The number of ketones is 1. The van der Waals surface area contributed by atoms with Crippen LogP contribution in [0.15, 0.2) is 30.3 Å². The normalized spacial score (nSPS) is 12.0. The van der Waals surface area contributed by atoms with Crippen molar-refractivity contribution < 1.29 is 18.0 Å². The van der Waals surface area contributed by atoms with Crippen LogP contribution >= 0.6 is 0 Å². The van der Waals surface area contributed by atoms with Crippen molar-refractivity contribution in [1.82, 2.24) is 14.5 Å². The number of para-hydroxylation sites is 2. The number of hydrogen-bond donors (Lipinski definition) is 1. The highest BCUT2D eigenvalue weighted by Crippen LogP contribution is 2.31. The molecule has 0 spiro atoms. The lowest BCUT2D eigenvalue weighted by atomic mass is 10.1. The van der Waals surface area contributed by atoms with Crippen LogP contribution in [-0.2, 0) is 12.7 Å². The fourth-order valence-corrected chi connectivity index (χ4v) is 2.69. The number of halogens is 3. The Bertz CT molecular complexity index is 890. The SMILES string of the molecule is Cc1cc(C(=O)Cn2c(C(F)(F)F)nc3ccccc32)c(C)[nH]1. The third-order valence-electron chi connectivity index (χ3n) is 3.66. The minimum atomic E-state index is -4.62. The van der Waals surface area contributed by atoms with Gasteiger partial charge in [-0.1, -0.05) is 12.1 Å². The van der Waals surface area contributed by atoms with Crippen LogP contribution in [0.3, 0.4) is 0 Å². The largest absolute Gasteiger partial charge is 0.449 e. The van der Waals surface area contributed by atoms with Gasteiger partial charge >= 0.3 is 6.18 Å². The van der Waals surface area contributed by atoms with Crippen molar-refractivity contribution in [1.29, 1.82) is 0 Å². The highest BCUT2D eigenvalue weighted by Gasteiger charge is 2.38. The molecule has 0 fully saturated rings. The number of aryl methyl sites for hydroxylation is 2. The zero-order chi connectivity index (χ0) is 16.8. The van der Waals surface area contributed by atoms with Crippen molar-refractivity contribution >= 4 is 16.8 Å². The van der Waals surface area contributed by atoms with Crippen molar-refractivity contribution in [3.8, 4) is 0 Å². The van der Waals surface area contributed by atoms with Crippen LogP contribution < -0.4 is 0 Å². The molecule has 4 nitrogen and oxygen atoms in total. The summed E-state index contributed by atoms with van der Waals surface area (Å²) in [5.41, 5.74) is 2.34. The molecule has 0 saturated heterocycles. The van der Waals surface area contributed by atoms with Gasteiger partial charge in [0.1, 0.15) is 0 Å². The minimum Gasteiger partial charge on any atom is -0.362 e. The first-order valence-corrected chi connectivity index (χ1v) is 6.99. The van der Waals surface area contributed by atoms with E-state index in [9.17, 15) is 18.0 Å². The zero-order valence-corrected chi connectivity index (χ0v) is 12.5. The minimum absolute atomic E-state index is 0.217. The Labute approximate surface area is 130 Å². The lowest BCUT2D eigenvalue weighted by Crippen LogP contribution is -2.19. The number of carbonyl (C=O) groups is 1. The zero-order valence-electron chi connectivity index (χ0n) is 12.5. The van der Waals surface area contributed by atoms with Crippen molar-refractivity contribution in [3.05, 3.63) is 53.1 Å². The topological polar surface area (TPSA) is 50.7 Å². The molecule has 0 unspecified atom stereocenters. The van der Waals surface area contributed by atoms with E-state index in [1.54, 1.807) is 32.0 Å². The second-order valence-corrected chi connectivity index (χ2v) is 5.42. The quantitative estimate of drug-likeness (QED) is 0.744. The number of H-pyrrole nitrogens is 1. The maximum atomic E-state index is 13.2. The smallest absolute Gasteiger partial charge is 0.362 e. The summed E-state index contributed by atoms with van der Waals surface area (Å²) in [6.07, 6.45) is -4.62. The summed E-state index contributed by atoms with van der Waals surface area (Å²) < 4.78 is 40.6. The van der Waals surface area contributed by atoms with Crippen LogP contribution in [-0.4, -0.2) is 20.3 Å². The number of rotatable bonds is 3. The van der Waals surface area contributed by atoms with Crippen LogP contribution in [0.5, 0.6) is 0 Å². The first kappa shape index (κ1) is 15.3. The highest BCUT2D eigenvalue weighted by molar-refractivity contribution is 5.98. The van der Waals surface area contributed by atoms with Gasteiger partial charge in [0.2, 0.25) is 5.82 Å². The molecule has 0 aliphatic heterocycles. The Balaban J connectivity index is 2.08. The molecule has 0 aliphatic rings. The van der Waals surface area contributed by atoms with Gasteiger partial charge in [-0.2, -0.15) is 13.2 Å². The summed E-state index contributed by atoms with van der Waals surface area (Å²) in [5.74, 6) is -1.45. The van der Waals surface area contributed by atoms with E-state index in [1.807, 2.05) is 0 Å². The van der Waals surface area contributed by atoms with Crippen LogP contribution in [0.25, 0.3) is 11.0 Å². The van der Waals surface area contributed by atoms with Crippen LogP contribution in [0.1, 0.15) is 27.6 Å². The summed E-state index contributed by atoms with van der Waals surface area (Å²) in [4.78, 5) is 19.1. The number of alkyl halides is 3. The standard InChI is InChI=1S/C16H14F3N3O/c1-9-7-11(10(2)20-9)14(23)8-22-13-6-4-3-5-12(13)21-15(22)16(17,18)19/h3-7,20H,8H2,1-2H3. The summed E-state index contributed by atoms with van der Waals surface area (Å²) in [5, 5.41) is 0. The number of aromatic nitrogens is 3. The molecule has 1 N–H and O–H groups in total. The molecular weight excluding hydrogens is 307 g/mol. The summed E-state index contributed by atoms with van der Waals surface area (Å²) in [6.45, 7) is 3.10. The maximum Gasteiger partial charge on any atom is 0.449 e. The van der Waals surface area contributed by atoms with Gasteiger partial charge in [0.05, 0.1) is 17.6 Å². The number of carbonyl (C=O) groups excluding carboxylic acids is 1. The number of imidazole rings is 1. The van der Waals surface area contributed by atoms with Crippen LogP contribution in [0.2, 0.25) is 0 Å². The Morgan fingerprint density at radius 1 is 1.26 bits per heavy atom. The summed E-state index contributed by atoms with van der Waals surface area (Å²) in [7, 11) is 0. The summed E-state index contributed by atoms with van der Waals surface area (Å²) >= 11 is 0. The molecule has 0 aliphatic carbocycles. The molecule has 1 aromatic carbocycles. The molecule has 0 bridgehead atoms. The Hall–Kier alpha value is -2.57. The number of Topliss-reactive ketones (excluding diaryl/α,β-unsaturated/α-hetero) is 1. The molecule has 0 radical (unpaired) electrons. The van der Waals surface area contributed by atoms with Gasteiger partial charge in [-0.05, 0) is 32.0 Å². The first-order chi connectivity index (χ1) is 10.8. The molecule has 2 aromatic heterocycles. The van der Waals surface area contributed by atoms with Crippen molar-refractivity contribution in [2.45, 2.75) is 26.6 Å². The van der Waals surface area contributed by atoms with E-state index < -0.39 is 18.5 Å². The van der Waals surface area contributed by atoms with E-state index in [-0.39, 0.29) is 16.8 Å². The third kappa shape index (κ3) is 2.74. The van der Waals surface area contributed by atoms with E-state index in [2.05, 4.69) is 9.97 Å². The van der Waals surface area contributed by atoms with E-state index in [4.69, 9.17) is 0 Å². The van der Waals surface area contributed by atoms with Gasteiger partial charge in [0, 0.05) is 17.0 Å². The fraction of sp³-hybridized carbons (Fsp3) is 0.250. The molecule has 2 heterocycles. The number of nitrogens with zero attached hydrogens (tertiary/aromatic N) is 2. The van der Waals surface area contributed by atoms with E-state index in [1.165, 1.54) is 12.1 Å². The van der Waals surface area contributed by atoms with Gasteiger partial charge in [-0.15, -0.1) is 0 Å². The van der Waals surface area contributed by atoms with Crippen molar-refractivity contribution in [2.24, 2.45) is 0 Å². The van der Waals surface area contributed by atoms with Crippen LogP contribution in [0, 0.1) is 13.8 Å². The average Bonchev–Trinajstić information content (AvgIpc) is 2.99. The molecule has 3 rings (SSSR count). The van der Waals surface area contributed by atoms with Crippen molar-refractivity contribution in [2.75, 3.05) is 0 Å². The van der Waals surface area contributed by atoms with Gasteiger partial charge in [0.15, 0.2) is 5.78 Å². The predicted octanol–water partition coefficient (Wildman–Crippen LogP) is 3.88. The second kappa shape index (κ2) is 5.26. The van der Waals surface area contributed by atoms with Gasteiger partial charge in [-0.3, -0.25) is 4.79 Å².